The van der Waals surface area contributed by atoms with Crippen LogP contribution in [0.2, 0.25) is 0 Å². The summed E-state index contributed by atoms with van der Waals surface area (Å²) in [4.78, 5) is 38.5. The third-order valence-corrected chi connectivity index (χ3v) is 3.68. The summed E-state index contributed by atoms with van der Waals surface area (Å²) in [5.41, 5.74) is 1.75. The van der Waals surface area contributed by atoms with Gasteiger partial charge in [-0.1, -0.05) is 0 Å². The van der Waals surface area contributed by atoms with E-state index in [1.165, 1.54) is 19.1 Å². The van der Waals surface area contributed by atoms with Crippen LogP contribution in [-0.2, 0) is 9.53 Å². The number of benzene rings is 1. The van der Waals surface area contributed by atoms with E-state index in [0.29, 0.717) is 22.5 Å². The van der Waals surface area contributed by atoms with Gasteiger partial charge in [-0.05, 0) is 44.5 Å². The van der Waals surface area contributed by atoms with Crippen LogP contribution < -0.4 is 10.6 Å². The predicted octanol–water partition coefficient (Wildman–Crippen LogP) is 3.16. The first kappa shape index (κ1) is 19.2. The van der Waals surface area contributed by atoms with Gasteiger partial charge in [-0.3, -0.25) is 9.59 Å². The molecule has 0 aliphatic carbocycles. The number of carbonyl (C=O) groups is 3. The number of carbonyl (C=O) groups excluding carboxylic acids is 3. The molecule has 0 fully saturated rings. The lowest BCUT2D eigenvalue weighted by atomic mass is 10.1. The number of H-pyrrole nitrogens is 1. The summed E-state index contributed by atoms with van der Waals surface area (Å²) in [5.74, 6) is -2.05. The summed E-state index contributed by atoms with van der Waals surface area (Å²) in [5, 5.41) is 4.96. The lowest BCUT2D eigenvalue weighted by Crippen LogP contribution is -2.15. The van der Waals surface area contributed by atoms with Crippen molar-refractivity contribution in [1.82, 2.24) is 4.98 Å². The number of ether oxygens (including phenoxy) is 1. The molecule has 7 nitrogen and oxygen atoms in total. The smallest absolute Gasteiger partial charge is 0.340 e. The highest BCUT2D eigenvalue weighted by Crippen LogP contribution is 2.23. The van der Waals surface area contributed by atoms with Crippen LogP contribution in [0.25, 0.3) is 0 Å². The molecule has 0 atom stereocenters. The number of aryl methyl sites for hydroxylation is 1. The summed E-state index contributed by atoms with van der Waals surface area (Å²) < 4.78 is 18.7. The first-order valence-corrected chi connectivity index (χ1v) is 7.99. The van der Waals surface area contributed by atoms with Crippen molar-refractivity contribution >= 4 is 29.2 Å². The van der Waals surface area contributed by atoms with Gasteiger partial charge in [-0.25, -0.2) is 9.18 Å². The van der Waals surface area contributed by atoms with E-state index < -0.39 is 23.6 Å². The highest BCUT2D eigenvalue weighted by molar-refractivity contribution is 6.07. The number of esters is 1. The van der Waals surface area contributed by atoms with Gasteiger partial charge in [0.2, 0.25) is 5.91 Å². The maximum atomic E-state index is 13.7. The molecule has 26 heavy (non-hydrogen) atoms. The maximum Gasteiger partial charge on any atom is 0.340 e. The molecule has 8 heteroatoms. The van der Waals surface area contributed by atoms with Crippen molar-refractivity contribution in [3.63, 3.8) is 0 Å². The van der Waals surface area contributed by atoms with Crippen LogP contribution >= 0.6 is 0 Å². The average Bonchev–Trinajstić information content (AvgIpc) is 2.85. The average molecular weight is 361 g/mol. The standard InChI is InChI=1S/C18H20FN3O4/c1-5-26-18(25)15-9(2)16(20-10(15)3)17(24)22-12-6-7-13(19)14(8-12)21-11(4)23/h6-8,20H,5H2,1-4H3,(H,21,23)(H,22,24). The van der Waals surface area contributed by atoms with Gasteiger partial charge in [0.25, 0.3) is 5.91 Å². The van der Waals surface area contributed by atoms with Crippen LogP contribution in [0.1, 0.15) is 46.0 Å². The highest BCUT2D eigenvalue weighted by atomic mass is 19.1. The van der Waals surface area contributed by atoms with E-state index in [9.17, 15) is 18.8 Å². The third-order valence-electron chi connectivity index (χ3n) is 3.68. The Morgan fingerprint density at radius 1 is 1.19 bits per heavy atom. The Hall–Kier alpha value is -3.16. The van der Waals surface area contributed by atoms with E-state index in [2.05, 4.69) is 15.6 Å². The Morgan fingerprint density at radius 2 is 1.88 bits per heavy atom. The van der Waals surface area contributed by atoms with E-state index in [1.54, 1.807) is 20.8 Å². The predicted molar refractivity (Wildman–Crippen MR) is 94.9 cm³/mol. The molecule has 0 aliphatic rings. The number of aromatic amines is 1. The zero-order valence-electron chi connectivity index (χ0n) is 15.0. The molecule has 0 unspecified atom stereocenters. The molecule has 0 spiro atoms. The summed E-state index contributed by atoms with van der Waals surface area (Å²) in [6.07, 6.45) is 0. The number of hydrogen-bond donors (Lipinski definition) is 3. The lowest BCUT2D eigenvalue weighted by molar-refractivity contribution is -0.114. The second-order valence-electron chi connectivity index (χ2n) is 5.68. The van der Waals surface area contributed by atoms with Gasteiger partial charge in [0.05, 0.1) is 17.9 Å². The molecule has 1 heterocycles. The number of nitrogens with one attached hydrogen (secondary N) is 3. The fraction of sp³-hybridized carbons (Fsp3) is 0.278. The molecule has 0 saturated carbocycles. The van der Waals surface area contributed by atoms with E-state index in [-0.39, 0.29) is 18.0 Å². The van der Waals surface area contributed by atoms with Gasteiger partial charge in [0.15, 0.2) is 0 Å². The SMILES string of the molecule is CCOC(=O)c1c(C)[nH]c(C(=O)Nc2ccc(F)c(NC(C)=O)c2)c1C. The summed E-state index contributed by atoms with van der Waals surface area (Å²) in [6.45, 7) is 6.49. The van der Waals surface area contributed by atoms with Crippen LogP contribution in [0.15, 0.2) is 18.2 Å². The molecule has 1 aromatic heterocycles. The molecule has 0 bridgehead atoms. The summed E-state index contributed by atoms with van der Waals surface area (Å²) in [6, 6.07) is 3.82. The van der Waals surface area contributed by atoms with Crippen molar-refractivity contribution in [2.75, 3.05) is 17.2 Å². The van der Waals surface area contributed by atoms with E-state index in [1.807, 2.05) is 0 Å². The Labute approximate surface area is 149 Å². The van der Waals surface area contributed by atoms with Crippen LogP contribution in [0.4, 0.5) is 15.8 Å². The van der Waals surface area contributed by atoms with Gasteiger partial charge in [-0.2, -0.15) is 0 Å². The fourth-order valence-corrected chi connectivity index (χ4v) is 2.57. The van der Waals surface area contributed by atoms with Crippen molar-refractivity contribution in [3.8, 4) is 0 Å². The number of rotatable bonds is 5. The second kappa shape index (κ2) is 7.81. The summed E-state index contributed by atoms with van der Waals surface area (Å²) in [7, 11) is 0. The zero-order chi connectivity index (χ0) is 19.4. The Morgan fingerprint density at radius 3 is 2.50 bits per heavy atom. The first-order valence-electron chi connectivity index (χ1n) is 7.99. The molecule has 138 valence electrons. The topological polar surface area (TPSA) is 100 Å². The number of aromatic nitrogens is 1. The largest absolute Gasteiger partial charge is 0.462 e. The molecule has 2 aromatic rings. The maximum absolute atomic E-state index is 13.7. The van der Waals surface area contributed by atoms with Gasteiger partial charge in [0.1, 0.15) is 11.5 Å². The third kappa shape index (κ3) is 4.08. The quantitative estimate of drug-likeness (QED) is 0.712. The fourth-order valence-electron chi connectivity index (χ4n) is 2.57. The lowest BCUT2D eigenvalue weighted by Gasteiger charge is -2.09. The van der Waals surface area contributed by atoms with Crippen LogP contribution in [0, 0.1) is 19.7 Å². The Balaban J connectivity index is 2.27. The minimum Gasteiger partial charge on any atom is -0.462 e. The summed E-state index contributed by atoms with van der Waals surface area (Å²) >= 11 is 0. The molecule has 2 amide bonds. The van der Waals surface area contributed by atoms with E-state index >= 15 is 0 Å². The van der Waals surface area contributed by atoms with Gasteiger partial charge < -0.3 is 20.4 Å². The monoisotopic (exact) mass is 361 g/mol. The molecule has 3 N–H and O–H groups in total. The number of amides is 2. The number of hydrogen-bond acceptors (Lipinski definition) is 4. The van der Waals surface area contributed by atoms with Crippen molar-refractivity contribution < 1.29 is 23.5 Å². The highest BCUT2D eigenvalue weighted by Gasteiger charge is 2.23. The number of halogens is 1. The molecule has 1 aromatic carbocycles. The molecule has 0 radical (unpaired) electrons. The van der Waals surface area contributed by atoms with Crippen LogP contribution in [0.5, 0.6) is 0 Å². The zero-order valence-corrected chi connectivity index (χ0v) is 15.0. The van der Waals surface area contributed by atoms with Crippen molar-refractivity contribution in [2.45, 2.75) is 27.7 Å². The molecular weight excluding hydrogens is 341 g/mol. The first-order chi connectivity index (χ1) is 12.2. The van der Waals surface area contributed by atoms with Crippen molar-refractivity contribution in [2.24, 2.45) is 0 Å². The van der Waals surface area contributed by atoms with Crippen LogP contribution in [-0.4, -0.2) is 29.4 Å². The Bertz CT molecular complexity index is 874. The van der Waals surface area contributed by atoms with Gasteiger partial charge >= 0.3 is 5.97 Å². The molecular formula is C18H20FN3O4. The van der Waals surface area contributed by atoms with Crippen molar-refractivity contribution in [1.29, 1.82) is 0 Å². The van der Waals surface area contributed by atoms with E-state index in [4.69, 9.17) is 4.74 Å². The van der Waals surface area contributed by atoms with Crippen LogP contribution in [0.3, 0.4) is 0 Å². The van der Waals surface area contributed by atoms with Gasteiger partial charge in [-0.15, -0.1) is 0 Å². The molecule has 0 saturated heterocycles. The minimum absolute atomic E-state index is 0.0399. The Kier molecular flexibility index (Phi) is 5.76. The van der Waals surface area contributed by atoms with Crippen molar-refractivity contribution in [3.05, 3.63) is 46.5 Å². The molecule has 0 aliphatic heterocycles. The molecule has 2 rings (SSSR count). The van der Waals surface area contributed by atoms with Gasteiger partial charge in [0, 0.05) is 18.3 Å². The van der Waals surface area contributed by atoms with E-state index in [0.717, 1.165) is 6.07 Å². The second-order valence-corrected chi connectivity index (χ2v) is 5.68. The normalized spacial score (nSPS) is 10.3. The minimum atomic E-state index is -0.616. The number of anilines is 2.